The fourth-order valence-corrected chi connectivity index (χ4v) is 3.74. The minimum Gasteiger partial charge on any atom is -0.383 e. The summed E-state index contributed by atoms with van der Waals surface area (Å²) in [7, 11) is 0. The Morgan fingerprint density at radius 2 is 2.11 bits per heavy atom. The number of benzene rings is 1. The lowest BCUT2D eigenvalue weighted by atomic mass is 9.99. The van der Waals surface area contributed by atoms with Crippen LogP contribution in [0.1, 0.15) is 23.8 Å². The van der Waals surface area contributed by atoms with E-state index < -0.39 is 30.4 Å². The predicted octanol–water partition coefficient (Wildman–Crippen LogP) is 1.95. The molecule has 2 unspecified atom stereocenters. The monoisotopic (exact) mass is 380 g/mol. The van der Waals surface area contributed by atoms with Gasteiger partial charge in [0.2, 0.25) is 6.23 Å². The first-order valence-electron chi connectivity index (χ1n) is 8.69. The third-order valence-electron chi connectivity index (χ3n) is 5.01. The van der Waals surface area contributed by atoms with Crippen LogP contribution in [0.15, 0.2) is 35.3 Å². The summed E-state index contributed by atoms with van der Waals surface area (Å²) in [5.41, 5.74) is 6.47. The SMILES string of the molecule is Nc1ccn(C2OC(CN3CCc4ccc(F)cc4C3)CC2(F)F)c(=O)n1. The van der Waals surface area contributed by atoms with Gasteiger partial charge in [-0.3, -0.25) is 9.47 Å². The van der Waals surface area contributed by atoms with Crippen molar-refractivity contribution in [1.82, 2.24) is 14.5 Å². The van der Waals surface area contributed by atoms with E-state index >= 15 is 0 Å². The first kappa shape index (κ1) is 18.0. The maximum absolute atomic E-state index is 14.5. The van der Waals surface area contributed by atoms with Crippen molar-refractivity contribution >= 4 is 5.82 Å². The lowest BCUT2D eigenvalue weighted by molar-refractivity contribution is -0.119. The molecular formula is C18H19F3N4O2. The first-order valence-corrected chi connectivity index (χ1v) is 8.69. The van der Waals surface area contributed by atoms with Crippen molar-refractivity contribution in [2.75, 3.05) is 18.8 Å². The molecule has 0 bridgehead atoms. The number of hydrogen-bond acceptors (Lipinski definition) is 5. The van der Waals surface area contributed by atoms with E-state index in [2.05, 4.69) is 4.98 Å². The van der Waals surface area contributed by atoms with Crippen LogP contribution in [0.3, 0.4) is 0 Å². The summed E-state index contributed by atoms with van der Waals surface area (Å²) in [5.74, 6) is -3.55. The second-order valence-electron chi connectivity index (χ2n) is 7.02. The number of nitrogen functional groups attached to an aromatic ring is 1. The molecule has 2 aliphatic rings. The molecule has 2 aliphatic heterocycles. The molecule has 0 amide bonds. The van der Waals surface area contributed by atoms with Crippen molar-refractivity contribution in [3.63, 3.8) is 0 Å². The van der Waals surface area contributed by atoms with Gasteiger partial charge in [-0.25, -0.2) is 18.0 Å². The molecule has 0 spiro atoms. The summed E-state index contributed by atoms with van der Waals surface area (Å²) in [5, 5.41) is 0. The van der Waals surface area contributed by atoms with Crippen LogP contribution >= 0.6 is 0 Å². The Morgan fingerprint density at radius 3 is 2.89 bits per heavy atom. The molecule has 1 fully saturated rings. The number of nitrogens with two attached hydrogens (primary N) is 1. The van der Waals surface area contributed by atoms with Gasteiger partial charge in [0.25, 0.3) is 5.92 Å². The van der Waals surface area contributed by atoms with Crippen molar-refractivity contribution in [2.45, 2.75) is 37.6 Å². The van der Waals surface area contributed by atoms with Crippen molar-refractivity contribution in [3.8, 4) is 0 Å². The van der Waals surface area contributed by atoms with Crippen molar-refractivity contribution < 1.29 is 17.9 Å². The van der Waals surface area contributed by atoms with Crippen LogP contribution in [-0.4, -0.2) is 39.6 Å². The van der Waals surface area contributed by atoms with Gasteiger partial charge in [-0.05, 0) is 35.7 Å². The minimum atomic E-state index is -3.20. The summed E-state index contributed by atoms with van der Waals surface area (Å²) in [6.07, 6.45) is -1.06. The van der Waals surface area contributed by atoms with Crippen LogP contribution in [0.25, 0.3) is 0 Å². The second-order valence-corrected chi connectivity index (χ2v) is 7.02. The van der Waals surface area contributed by atoms with Crippen LogP contribution in [0, 0.1) is 5.82 Å². The minimum absolute atomic E-state index is 0.0340. The second kappa shape index (κ2) is 6.65. The molecule has 144 valence electrons. The topological polar surface area (TPSA) is 73.4 Å². The molecule has 2 N–H and O–H groups in total. The number of aromatic nitrogens is 2. The molecule has 0 aliphatic carbocycles. The molecule has 3 heterocycles. The highest BCUT2D eigenvalue weighted by molar-refractivity contribution is 5.30. The van der Waals surface area contributed by atoms with Crippen molar-refractivity contribution in [1.29, 1.82) is 0 Å². The van der Waals surface area contributed by atoms with Gasteiger partial charge >= 0.3 is 5.69 Å². The summed E-state index contributed by atoms with van der Waals surface area (Å²) < 4.78 is 48.7. The van der Waals surface area contributed by atoms with E-state index in [4.69, 9.17) is 10.5 Å². The van der Waals surface area contributed by atoms with E-state index in [-0.39, 0.29) is 18.2 Å². The van der Waals surface area contributed by atoms with E-state index in [9.17, 15) is 18.0 Å². The summed E-state index contributed by atoms with van der Waals surface area (Å²) in [4.78, 5) is 17.3. The maximum atomic E-state index is 14.5. The van der Waals surface area contributed by atoms with Crippen LogP contribution in [0.4, 0.5) is 19.0 Å². The van der Waals surface area contributed by atoms with Crippen molar-refractivity contribution in [3.05, 3.63) is 57.9 Å². The van der Waals surface area contributed by atoms with Crippen LogP contribution in [0.5, 0.6) is 0 Å². The molecule has 1 aromatic carbocycles. The zero-order valence-corrected chi connectivity index (χ0v) is 14.4. The van der Waals surface area contributed by atoms with Gasteiger partial charge in [0.05, 0.1) is 6.10 Å². The predicted molar refractivity (Wildman–Crippen MR) is 91.8 cm³/mol. The quantitative estimate of drug-likeness (QED) is 0.881. The molecule has 2 atom stereocenters. The van der Waals surface area contributed by atoms with Gasteiger partial charge in [-0.1, -0.05) is 6.07 Å². The molecular weight excluding hydrogens is 361 g/mol. The Bertz CT molecular complexity index is 918. The normalized spacial score (nSPS) is 24.7. The number of ether oxygens (including phenoxy) is 1. The van der Waals surface area contributed by atoms with E-state index in [0.717, 1.165) is 22.1 Å². The van der Waals surface area contributed by atoms with Crippen LogP contribution in [0.2, 0.25) is 0 Å². The van der Waals surface area contributed by atoms with E-state index in [0.29, 0.717) is 13.1 Å². The molecule has 4 rings (SSSR count). The molecule has 0 saturated carbocycles. The highest BCUT2D eigenvalue weighted by atomic mass is 19.3. The number of halogens is 3. The Kier molecular flexibility index (Phi) is 4.43. The number of rotatable bonds is 3. The van der Waals surface area contributed by atoms with Crippen molar-refractivity contribution in [2.24, 2.45) is 0 Å². The fraction of sp³-hybridized carbons (Fsp3) is 0.444. The lowest BCUT2D eigenvalue weighted by Crippen LogP contribution is -2.37. The summed E-state index contributed by atoms with van der Waals surface area (Å²) in [6.45, 7) is 1.43. The summed E-state index contributed by atoms with van der Waals surface area (Å²) >= 11 is 0. The third kappa shape index (κ3) is 3.57. The van der Waals surface area contributed by atoms with Gasteiger partial charge in [0.15, 0.2) is 0 Å². The summed E-state index contributed by atoms with van der Waals surface area (Å²) in [6, 6.07) is 5.95. The number of nitrogens with zero attached hydrogens (tertiary/aromatic N) is 3. The highest BCUT2D eigenvalue weighted by Gasteiger charge is 2.52. The molecule has 2 aromatic rings. The Balaban J connectivity index is 1.48. The van der Waals surface area contributed by atoms with E-state index in [1.54, 1.807) is 6.07 Å². The molecule has 0 radical (unpaired) electrons. The fourth-order valence-electron chi connectivity index (χ4n) is 3.74. The highest BCUT2D eigenvalue weighted by Crippen LogP contribution is 2.42. The molecule has 27 heavy (non-hydrogen) atoms. The number of alkyl halides is 2. The van der Waals surface area contributed by atoms with Gasteiger partial charge in [-0.2, -0.15) is 4.98 Å². The largest absolute Gasteiger partial charge is 0.383 e. The van der Waals surface area contributed by atoms with E-state index in [1.165, 1.54) is 24.4 Å². The van der Waals surface area contributed by atoms with Gasteiger partial charge < -0.3 is 10.5 Å². The smallest absolute Gasteiger partial charge is 0.351 e. The van der Waals surface area contributed by atoms with Crippen LogP contribution < -0.4 is 11.4 Å². The molecule has 9 heteroatoms. The van der Waals surface area contributed by atoms with Gasteiger partial charge in [-0.15, -0.1) is 0 Å². The zero-order chi connectivity index (χ0) is 19.2. The maximum Gasteiger partial charge on any atom is 0.351 e. The lowest BCUT2D eigenvalue weighted by Gasteiger charge is -2.30. The molecule has 1 aromatic heterocycles. The van der Waals surface area contributed by atoms with Crippen LogP contribution in [-0.2, 0) is 17.7 Å². The number of anilines is 1. The Morgan fingerprint density at radius 1 is 1.30 bits per heavy atom. The molecule has 6 nitrogen and oxygen atoms in total. The first-order chi connectivity index (χ1) is 12.8. The molecule has 1 saturated heterocycles. The average Bonchev–Trinajstić information content (AvgIpc) is 2.88. The third-order valence-corrected chi connectivity index (χ3v) is 5.01. The van der Waals surface area contributed by atoms with Gasteiger partial charge in [0, 0.05) is 32.3 Å². The van der Waals surface area contributed by atoms with E-state index in [1.807, 2.05) is 4.90 Å². The number of hydrogen-bond donors (Lipinski definition) is 1. The average molecular weight is 380 g/mol. The Hall–Kier alpha value is -2.39. The van der Waals surface area contributed by atoms with Gasteiger partial charge in [0.1, 0.15) is 11.6 Å². The zero-order valence-electron chi connectivity index (χ0n) is 14.4. The Labute approximate surface area is 153 Å². The number of fused-ring (bicyclic) bond motifs is 1. The standard InChI is InChI=1S/C18H19F3N4O2/c19-13-2-1-11-3-5-24(9-12(11)7-13)10-14-8-18(20,21)16(27-14)25-6-4-15(22)23-17(25)26/h1-2,4,6-7,14,16H,3,5,8-10H2,(H2,22,23,26).